The molecule has 1 unspecified atom stereocenters. The third-order valence-corrected chi connectivity index (χ3v) is 2.48. The molecule has 1 aliphatic rings. The molecule has 1 fully saturated rings. The van der Waals surface area contributed by atoms with Crippen LogP contribution in [0.15, 0.2) is 0 Å². The van der Waals surface area contributed by atoms with E-state index >= 15 is 0 Å². The van der Waals surface area contributed by atoms with Crippen LogP contribution < -0.4 is 5.32 Å². The summed E-state index contributed by atoms with van der Waals surface area (Å²) in [6.45, 7) is 6.36. The van der Waals surface area contributed by atoms with Gasteiger partial charge in [0.2, 0.25) is 5.91 Å². The summed E-state index contributed by atoms with van der Waals surface area (Å²) in [7, 11) is 0. The van der Waals surface area contributed by atoms with E-state index in [0.29, 0.717) is 13.2 Å². The minimum atomic E-state index is -0.967. The van der Waals surface area contributed by atoms with E-state index in [4.69, 9.17) is 10.00 Å². The molecule has 1 N–H and O–H groups in total. The van der Waals surface area contributed by atoms with Crippen molar-refractivity contribution in [1.82, 2.24) is 5.32 Å². The van der Waals surface area contributed by atoms with Crippen LogP contribution in [-0.4, -0.2) is 24.7 Å². The zero-order valence-corrected chi connectivity index (χ0v) is 8.89. The van der Waals surface area contributed by atoms with Crippen LogP contribution in [0.2, 0.25) is 0 Å². The number of amides is 1. The van der Waals surface area contributed by atoms with Crippen LogP contribution in [0.5, 0.6) is 0 Å². The molecule has 0 saturated carbocycles. The number of carbonyl (C=O) groups excluding carboxylic acids is 1. The Balaban J connectivity index is 2.61. The second kappa shape index (κ2) is 3.58. The van der Waals surface area contributed by atoms with Crippen LogP contribution in [0.3, 0.4) is 0 Å². The number of hydrogen-bond acceptors (Lipinski definition) is 3. The van der Waals surface area contributed by atoms with E-state index in [0.717, 1.165) is 6.42 Å². The Morgan fingerprint density at radius 1 is 1.64 bits per heavy atom. The summed E-state index contributed by atoms with van der Waals surface area (Å²) in [6, 6.07) is 1.98. The van der Waals surface area contributed by atoms with Crippen LogP contribution in [0.25, 0.3) is 0 Å². The van der Waals surface area contributed by atoms with Crippen molar-refractivity contribution in [3.05, 3.63) is 0 Å². The maximum absolute atomic E-state index is 11.7. The van der Waals surface area contributed by atoms with E-state index in [-0.39, 0.29) is 11.4 Å². The van der Waals surface area contributed by atoms with E-state index < -0.39 is 5.41 Å². The number of nitrogens with one attached hydrogen (secondary N) is 1. The molecular formula is C10H16N2O2. The number of ether oxygens (including phenoxy) is 1. The molecular weight excluding hydrogens is 180 g/mol. The van der Waals surface area contributed by atoms with Crippen LogP contribution in [0.4, 0.5) is 0 Å². The molecule has 0 aromatic rings. The standard InChI is InChI=1S/C10H16N2O2/c1-9(2,6-11)8(13)12-10(3)4-5-14-7-10/h4-5,7H2,1-3H3,(H,12,13). The van der Waals surface area contributed by atoms with Crippen molar-refractivity contribution in [2.24, 2.45) is 5.41 Å². The van der Waals surface area contributed by atoms with Gasteiger partial charge in [0.15, 0.2) is 0 Å². The number of hydrogen-bond donors (Lipinski definition) is 1. The van der Waals surface area contributed by atoms with Gasteiger partial charge >= 0.3 is 0 Å². The fourth-order valence-corrected chi connectivity index (χ4v) is 1.25. The van der Waals surface area contributed by atoms with Gasteiger partial charge in [-0.3, -0.25) is 4.79 Å². The summed E-state index contributed by atoms with van der Waals surface area (Å²) in [4.78, 5) is 11.7. The maximum Gasteiger partial charge on any atom is 0.240 e. The molecule has 0 aromatic carbocycles. The van der Waals surface area contributed by atoms with E-state index in [1.165, 1.54) is 0 Å². The first kappa shape index (κ1) is 11.0. The first-order valence-corrected chi connectivity index (χ1v) is 4.71. The Hall–Kier alpha value is -1.08. The fourth-order valence-electron chi connectivity index (χ4n) is 1.25. The molecule has 14 heavy (non-hydrogen) atoms. The molecule has 1 heterocycles. The summed E-state index contributed by atoms with van der Waals surface area (Å²) >= 11 is 0. The summed E-state index contributed by atoms with van der Waals surface area (Å²) in [5, 5.41) is 11.6. The molecule has 4 heteroatoms. The Morgan fingerprint density at radius 2 is 2.29 bits per heavy atom. The summed E-state index contributed by atoms with van der Waals surface area (Å²) in [5.41, 5.74) is -1.27. The number of nitrogens with zero attached hydrogens (tertiary/aromatic N) is 1. The third kappa shape index (κ3) is 2.24. The predicted molar refractivity (Wildman–Crippen MR) is 51.4 cm³/mol. The van der Waals surface area contributed by atoms with Crippen molar-refractivity contribution in [3.63, 3.8) is 0 Å². The second-order valence-corrected chi connectivity index (χ2v) is 4.55. The molecule has 1 saturated heterocycles. The zero-order valence-electron chi connectivity index (χ0n) is 8.89. The molecule has 1 amide bonds. The van der Waals surface area contributed by atoms with Gasteiger partial charge < -0.3 is 10.1 Å². The van der Waals surface area contributed by atoms with E-state index in [1.54, 1.807) is 13.8 Å². The summed E-state index contributed by atoms with van der Waals surface area (Å²) < 4.78 is 5.21. The SMILES string of the molecule is CC1(NC(=O)C(C)(C)C#N)CCOC1. The Kier molecular flexibility index (Phi) is 2.81. The molecule has 78 valence electrons. The van der Waals surface area contributed by atoms with E-state index in [2.05, 4.69) is 5.32 Å². The molecule has 4 nitrogen and oxygen atoms in total. The fraction of sp³-hybridized carbons (Fsp3) is 0.800. The normalized spacial score (nSPS) is 27.0. The number of carbonyl (C=O) groups is 1. The lowest BCUT2D eigenvalue weighted by atomic mass is 9.92. The van der Waals surface area contributed by atoms with Crippen LogP contribution in [-0.2, 0) is 9.53 Å². The molecule has 0 radical (unpaired) electrons. The summed E-state index contributed by atoms with van der Waals surface area (Å²) in [6.07, 6.45) is 0.806. The predicted octanol–water partition coefficient (Wildman–Crippen LogP) is 0.831. The molecule has 0 aliphatic carbocycles. The number of nitriles is 1. The molecule has 0 bridgehead atoms. The third-order valence-electron chi connectivity index (χ3n) is 2.48. The van der Waals surface area contributed by atoms with Gasteiger partial charge in [-0.05, 0) is 27.2 Å². The smallest absolute Gasteiger partial charge is 0.240 e. The van der Waals surface area contributed by atoms with Crippen molar-refractivity contribution >= 4 is 5.91 Å². The van der Waals surface area contributed by atoms with Gasteiger partial charge in [-0.2, -0.15) is 5.26 Å². The zero-order chi connectivity index (χ0) is 10.8. The summed E-state index contributed by atoms with van der Waals surface area (Å²) in [5.74, 6) is -0.229. The highest BCUT2D eigenvalue weighted by Gasteiger charge is 2.36. The first-order valence-electron chi connectivity index (χ1n) is 4.71. The van der Waals surface area contributed by atoms with Crippen LogP contribution in [0.1, 0.15) is 27.2 Å². The van der Waals surface area contributed by atoms with Gasteiger partial charge in [0.05, 0.1) is 18.2 Å². The number of rotatable bonds is 2. The molecule has 0 spiro atoms. The highest BCUT2D eigenvalue weighted by Crippen LogP contribution is 2.21. The van der Waals surface area contributed by atoms with Gasteiger partial charge in [0, 0.05) is 6.61 Å². The van der Waals surface area contributed by atoms with Crippen molar-refractivity contribution in [1.29, 1.82) is 5.26 Å². The Labute approximate surface area is 84.2 Å². The van der Waals surface area contributed by atoms with Crippen molar-refractivity contribution in [2.75, 3.05) is 13.2 Å². The lowest BCUT2D eigenvalue weighted by molar-refractivity contribution is -0.128. The minimum absolute atomic E-state index is 0.229. The van der Waals surface area contributed by atoms with Gasteiger partial charge in [-0.1, -0.05) is 0 Å². The molecule has 1 aliphatic heterocycles. The largest absolute Gasteiger partial charge is 0.379 e. The van der Waals surface area contributed by atoms with Crippen molar-refractivity contribution < 1.29 is 9.53 Å². The van der Waals surface area contributed by atoms with Crippen molar-refractivity contribution in [3.8, 4) is 6.07 Å². The minimum Gasteiger partial charge on any atom is -0.379 e. The van der Waals surface area contributed by atoms with Gasteiger partial charge in [0.25, 0.3) is 0 Å². The van der Waals surface area contributed by atoms with Gasteiger partial charge in [-0.25, -0.2) is 0 Å². The van der Waals surface area contributed by atoms with Crippen LogP contribution >= 0.6 is 0 Å². The first-order chi connectivity index (χ1) is 6.40. The molecule has 1 rings (SSSR count). The Bertz CT molecular complexity index is 272. The molecule has 1 atom stereocenters. The second-order valence-electron chi connectivity index (χ2n) is 4.55. The topological polar surface area (TPSA) is 62.1 Å². The highest BCUT2D eigenvalue weighted by atomic mass is 16.5. The monoisotopic (exact) mass is 196 g/mol. The van der Waals surface area contributed by atoms with Crippen LogP contribution in [0, 0.1) is 16.7 Å². The molecule has 0 aromatic heterocycles. The lowest BCUT2D eigenvalue weighted by Crippen LogP contribution is -2.50. The van der Waals surface area contributed by atoms with Gasteiger partial charge in [-0.15, -0.1) is 0 Å². The Morgan fingerprint density at radius 3 is 2.71 bits per heavy atom. The highest BCUT2D eigenvalue weighted by molar-refractivity contribution is 5.85. The maximum atomic E-state index is 11.7. The average molecular weight is 196 g/mol. The quantitative estimate of drug-likeness (QED) is 0.711. The van der Waals surface area contributed by atoms with Crippen molar-refractivity contribution in [2.45, 2.75) is 32.7 Å². The van der Waals surface area contributed by atoms with E-state index in [1.807, 2.05) is 13.0 Å². The van der Waals surface area contributed by atoms with E-state index in [9.17, 15) is 4.79 Å². The lowest BCUT2D eigenvalue weighted by Gasteiger charge is -2.27. The van der Waals surface area contributed by atoms with Gasteiger partial charge in [0.1, 0.15) is 5.41 Å². The average Bonchev–Trinajstić information content (AvgIpc) is 2.52.